The number of fused-ring (bicyclic) bond motifs is 5. The maximum absolute atomic E-state index is 13.7. The fourth-order valence-electron chi connectivity index (χ4n) is 5.58. The second-order valence-corrected chi connectivity index (χ2v) is 11.5. The number of likely N-dealkylation sites (tertiary alicyclic amines) is 1. The van der Waals surface area contributed by atoms with Crippen LogP contribution in [0.1, 0.15) is 55.4 Å². The van der Waals surface area contributed by atoms with Crippen LogP contribution in [0.15, 0.2) is 54.9 Å². The Labute approximate surface area is 258 Å². The number of ether oxygens (including phenoxy) is 3. The Morgan fingerprint density at radius 2 is 2.00 bits per heavy atom. The number of imidazole rings is 1. The zero-order valence-corrected chi connectivity index (χ0v) is 25.8. The second-order valence-electron chi connectivity index (χ2n) is 11.5. The van der Waals surface area contributed by atoms with Gasteiger partial charge in [-0.25, -0.2) is 4.98 Å². The zero-order valence-electron chi connectivity index (χ0n) is 25.8. The van der Waals surface area contributed by atoms with Gasteiger partial charge in [0.25, 0.3) is 5.91 Å². The van der Waals surface area contributed by atoms with Gasteiger partial charge in [0.1, 0.15) is 23.1 Å². The highest BCUT2D eigenvalue weighted by atomic mass is 16.5. The number of aryl methyl sites for hydroxylation is 2. The van der Waals surface area contributed by atoms with Crippen molar-refractivity contribution in [1.82, 2.24) is 24.7 Å². The van der Waals surface area contributed by atoms with Crippen molar-refractivity contribution in [1.29, 1.82) is 0 Å². The van der Waals surface area contributed by atoms with E-state index in [1.165, 1.54) is 4.90 Å². The molecule has 0 aliphatic carbocycles. The highest BCUT2D eigenvalue weighted by Crippen LogP contribution is 2.30. The molecule has 3 aromatic rings. The van der Waals surface area contributed by atoms with Gasteiger partial charge in [-0.1, -0.05) is 12.1 Å². The average Bonchev–Trinajstić information content (AvgIpc) is 3.41. The number of hydrogen-bond donors (Lipinski definition) is 1. The summed E-state index contributed by atoms with van der Waals surface area (Å²) in [6.45, 7) is 9.42. The van der Waals surface area contributed by atoms with Crippen LogP contribution in [0, 0.1) is 6.92 Å². The van der Waals surface area contributed by atoms with Gasteiger partial charge in [-0.3, -0.25) is 14.4 Å². The number of carbonyl (C=O) groups excluding carboxylic acids is 3. The Hall–Kier alpha value is -4.38. The molecule has 0 saturated carbocycles. The van der Waals surface area contributed by atoms with Gasteiger partial charge >= 0.3 is 0 Å². The van der Waals surface area contributed by atoms with Crippen LogP contribution >= 0.6 is 0 Å². The van der Waals surface area contributed by atoms with E-state index in [9.17, 15) is 14.4 Å². The smallest absolute Gasteiger partial charge is 0.254 e. The first-order chi connectivity index (χ1) is 21.2. The molecular formula is C33H41N5O6. The largest absolute Gasteiger partial charge is 0.491 e. The van der Waals surface area contributed by atoms with Gasteiger partial charge in [0.05, 0.1) is 31.4 Å². The highest BCUT2D eigenvalue weighted by molar-refractivity contribution is 5.97. The highest BCUT2D eigenvalue weighted by Gasteiger charge is 2.34. The predicted molar refractivity (Wildman–Crippen MR) is 164 cm³/mol. The number of hydrogen-bond acceptors (Lipinski definition) is 7. The summed E-state index contributed by atoms with van der Waals surface area (Å²) in [6.07, 6.45) is 4.06. The van der Waals surface area contributed by atoms with Crippen LogP contribution in [0.3, 0.4) is 0 Å². The van der Waals surface area contributed by atoms with Crippen LogP contribution in [0.4, 0.5) is 0 Å². The lowest BCUT2D eigenvalue weighted by Crippen LogP contribution is -2.58. The number of carbonyl (C=O) groups is 3. The van der Waals surface area contributed by atoms with Gasteiger partial charge in [-0.2, -0.15) is 0 Å². The van der Waals surface area contributed by atoms with Gasteiger partial charge in [0.2, 0.25) is 11.8 Å². The fourth-order valence-corrected chi connectivity index (χ4v) is 5.58. The van der Waals surface area contributed by atoms with Crippen molar-refractivity contribution < 1.29 is 28.6 Å². The van der Waals surface area contributed by atoms with Crippen molar-refractivity contribution in [2.45, 2.75) is 71.9 Å². The maximum atomic E-state index is 13.7. The first kappa shape index (κ1) is 31.1. The van der Waals surface area contributed by atoms with Crippen LogP contribution in [-0.4, -0.2) is 81.5 Å². The van der Waals surface area contributed by atoms with Crippen LogP contribution < -0.4 is 14.8 Å². The summed E-state index contributed by atoms with van der Waals surface area (Å²) in [5.74, 6) is 1.79. The molecule has 1 saturated heterocycles. The first-order valence-electron chi connectivity index (χ1n) is 15.2. The van der Waals surface area contributed by atoms with Gasteiger partial charge < -0.3 is 33.9 Å². The molecule has 0 spiro atoms. The third kappa shape index (κ3) is 7.76. The van der Waals surface area contributed by atoms with Crippen LogP contribution in [0.5, 0.6) is 17.2 Å². The van der Waals surface area contributed by atoms with E-state index in [2.05, 4.69) is 10.3 Å². The molecule has 0 radical (unpaired) electrons. The Morgan fingerprint density at radius 3 is 2.75 bits per heavy atom. The van der Waals surface area contributed by atoms with E-state index in [4.69, 9.17) is 14.2 Å². The van der Waals surface area contributed by atoms with Crippen LogP contribution in [0.2, 0.25) is 0 Å². The summed E-state index contributed by atoms with van der Waals surface area (Å²) < 4.78 is 20.4. The Balaban J connectivity index is 1.39. The molecule has 11 heteroatoms. The quantitative estimate of drug-likeness (QED) is 0.454. The monoisotopic (exact) mass is 603 g/mol. The standard InChI is InChI=1S/C33H41N5O6/c1-5-36-20-31(39)35-29-19-38(32(40)10-13-37-14-11-34-23(37)4)12-9-30(29)42-21-24-7-6-8-26(15-24)44-28-17-25(33(36)41)16-27(18-28)43-22(2)3/h6-8,11,14-18,22,29-30H,5,9-10,12-13,19-21H2,1-4H3,(H,35,39)/t29-,30-/m0/s1. The minimum atomic E-state index is -0.439. The van der Waals surface area contributed by atoms with Crippen molar-refractivity contribution >= 4 is 17.7 Å². The molecular weight excluding hydrogens is 562 g/mol. The molecule has 2 aliphatic rings. The number of rotatable bonds is 6. The zero-order chi connectivity index (χ0) is 31.2. The minimum Gasteiger partial charge on any atom is -0.491 e. The van der Waals surface area contributed by atoms with Crippen LogP contribution in [0.25, 0.3) is 0 Å². The molecule has 2 aliphatic heterocycles. The number of likely N-dealkylation sites (N-methyl/N-ethyl adjacent to an activating group) is 1. The van der Waals surface area contributed by atoms with Gasteiger partial charge in [-0.05, 0) is 63.9 Å². The van der Waals surface area contributed by atoms with E-state index in [0.29, 0.717) is 68.4 Å². The number of nitrogens with one attached hydrogen (secondary N) is 1. The molecule has 3 amide bonds. The molecule has 1 N–H and O–H groups in total. The molecule has 11 nitrogen and oxygen atoms in total. The molecule has 234 valence electrons. The van der Waals surface area contributed by atoms with E-state index >= 15 is 0 Å². The molecule has 4 bridgehead atoms. The third-order valence-corrected chi connectivity index (χ3v) is 7.84. The molecule has 2 aromatic carbocycles. The Bertz CT molecular complexity index is 1490. The van der Waals surface area contributed by atoms with Gasteiger partial charge in [0, 0.05) is 56.6 Å². The van der Waals surface area contributed by atoms with E-state index in [-0.39, 0.29) is 36.5 Å². The molecule has 2 atom stereocenters. The predicted octanol–water partition coefficient (Wildman–Crippen LogP) is 3.94. The molecule has 1 fully saturated rings. The SMILES string of the molecule is CCN1CC(=O)N[C@H]2CN(C(=O)CCn3ccnc3C)CC[C@@H]2OCc2cccc(c2)Oc2cc(OC(C)C)cc(c2)C1=O. The number of nitrogens with zero attached hydrogens (tertiary/aromatic N) is 4. The number of benzene rings is 2. The summed E-state index contributed by atoms with van der Waals surface area (Å²) in [5, 5.41) is 3.08. The second kappa shape index (κ2) is 13.9. The van der Waals surface area contributed by atoms with Crippen molar-refractivity contribution in [2.75, 3.05) is 26.2 Å². The summed E-state index contributed by atoms with van der Waals surface area (Å²) >= 11 is 0. The molecule has 1 aromatic heterocycles. The first-order valence-corrected chi connectivity index (χ1v) is 15.2. The molecule has 3 heterocycles. The third-order valence-electron chi connectivity index (χ3n) is 7.84. The van der Waals surface area contributed by atoms with E-state index < -0.39 is 6.04 Å². The Kier molecular flexibility index (Phi) is 9.84. The summed E-state index contributed by atoms with van der Waals surface area (Å²) in [6, 6.07) is 12.2. The fraction of sp³-hybridized carbons (Fsp3) is 0.455. The lowest BCUT2D eigenvalue weighted by atomic mass is 10.0. The number of piperidine rings is 1. The average molecular weight is 604 g/mol. The molecule has 0 unspecified atom stereocenters. The number of aromatic nitrogens is 2. The van der Waals surface area contributed by atoms with E-state index in [0.717, 1.165) is 11.4 Å². The summed E-state index contributed by atoms with van der Waals surface area (Å²) in [4.78, 5) is 47.7. The van der Waals surface area contributed by atoms with Crippen molar-refractivity contribution in [2.24, 2.45) is 0 Å². The lowest BCUT2D eigenvalue weighted by Gasteiger charge is -2.39. The lowest BCUT2D eigenvalue weighted by molar-refractivity contribution is -0.137. The van der Waals surface area contributed by atoms with E-state index in [1.54, 1.807) is 29.3 Å². The van der Waals surface area contributed by atoms with Crippen molar-refractivity contribution in [3.05, 3.63) is 71.8 Å². The van der Waals surface area contributed by atoms with Gasteiger partial charge in [0.15, 0.2) is 0 Å². The van der Waals surface area contributed by atoms with Crippen LogP contribution in [-0.2, 0) is 27.5 Å². The summed E-state index contributed by atoms with van der Waals surface area (Å²) in [5.41, 5.74) is 1.26. The van der Waals surface area contributed by atoms with E-state index in [1.807, 2.05) is 62.7 Å². The molecule has 5 rings (SSSR count). The normalized spacial score (nSPS) is 19.3. The molecule has 44 heavy (non-hydrogen) atoms. The maximum Gasteiger partial charge on any atom is 0.254 e. The van der Waals surface area contributed by atoms with Crippen molar-refractivity contribution in [3.8, 4) is 17.2 Å². The number of amides is 3. The topological polar surface area (TPSA) is 115 Å². The van der Waals surface area contributed by atoms with Crippen molar-refractivity contribution in [3.63, 3.8) is 0 Å². The Morgan fingerprint density at radius 1 is 1.16 bits per heavy atom. The van der Waals surface area contributed by atoms with Gasteiger partial charge in [-0.15, -0.1) is 0 Å². The minimum absolute atomic E-state index is 0.00690. The summed E-state index contributed by atoms with van der Waals surface area (Å²) in [7, 11) is 0.